The van der Waals surface area contributed by atoms with Crippen LogP contribution in [0.5, 0.6) is 5.75 Å². The third-order valence-electron chi connectivity index (χ3n) is 2.86. The highest BCUT2D eigenvalue weighted by molar-refractivity contribution is 6.31. The van der Waals surface area contributed by atoms with Gasteiger partial charge in [-0.2, -0.15) is 0 Å². The lowest BCUT2D eigenvalue weighted by atomic mass is 10.1. The second kappa shape index (κ2) is 5.85. The monoisotopic (exact) mass is 276 g/mol. The number of benzene rings is 2. The second-order valence-corrected chi connectivity index (χ2v) is 4.81. The Hall–Kier alpha value is -1.87. The van der Waals surface area contributed by atoms with Crippen LogP contribution in [0.1, 0.15) is 11.1 Å². The average molecular weight is 277 g/mol. The number of aryl methyl sites for hydroxylation is 1. The molecule has 4 heteroatoms. The SMILES string of the molecule is COc1cccc(Cl)c1CNc1cc(C)cc(N)c1. The standard InChI is InChI=1S/C15H17ClN2O/c1-10-6-11(17)8-12(7-10)18-9-13-14(16)4-3-5-15(13)19-2/h3-8,18H,9,17H2,1-2H3. The zero-order chi connectivity index (χ0) is 13.8. The van der Waals surface area contributed by atoms with Crippen LogP contribution in [0.4, 0.5) is 11.4 Å². The van der Waals surface area contributed by atoms with Crippen LogP contribution in [0.2, 0.25) is 5.02 Å². The lowest BCUT2D eigenvalue weighted by Gasteiger charge is -2.13. The van der Waals surface area contributed by atoms with Gasteiger partial charge in [-0.15, -0.1) is 0 Å². The molecule has 0 heterocycles. The summed E-state index contributed by atoms with van der Waals surface area (Å²) in [5, 5.41) is 4.00. The first-order chi connectivity index (χ1) is 9.10. The van der Waals surface area contributed by atoms with Gasteiger partial charge in [0.25, 0.3) is 0 Å². The van der Waals surface area contributed by atoms with E-state index in [4.69, 9.17) is 22.1 Å². The zero-order valence-electron chi connectivity index (χ0n) is 11.0. The molecule has 3 nitrogen and oxygen atoms in total. The minimum absolute atomic E-state index is 0.589. The molecule has 0 spiro atoms. The molecule has 0 radical (unpaired) electrons. The van der Waals surface area contributed by atoms with E-state index in [1.807, 2.05) is 43.3 Å². The van der Waals surface area contributed by atoms with Crippen LogP contribution >= 0.6 is 11.6 Å². The lowest BCUT2D eigenvalue weighted by molar-refractivity contribution is 0.410. The van der Waals surface area contributed by atoms with Crippen LogP contribution in [-0.2, 0) is 6.54 Å². The minimum Gasteiger partial charge on any atom is -0.496 e. The Morgan fingerprint density at radius 2 is 2.05 bits per heavy atom. The average Bonchev–Trinajstić information content (AvgIpc) is 2.36. The Balaban J connectivity index is 2.18. The van der Waals surface area contributed by atoms with Gasteiger partial charge >= 0.3 is 0 Å². The molecule has 2 aromatic rings. The number of nitrogens with two attached hydrogens (primary N) is 1. The molecule has 3 N–H and O–H groups in total. The first kappa shape index (κ1) is 13.6. The summed E-state index contributed by atoms with van der Waals surface area (Å²) >= 11 is 6.19. The van der Waals surface area contributed by atoms with Gasteiger partial charge in [0.2, 0.25) is 0 Å². The van der Waals surface area contributed by atoms with E-state index in [9.17, 15) is 0 Å². The first-order valence-corrected chi connectivity index (χ1v) is 6.40. The molecule has 0 amide bonds. The highest BCUT2D eigenvalue weighted by atomic mass is 35.5. The van der Waals surface area contributed by atoms with Crippen molar-refractivity contribution in [2.24, 2.45) is 0 Å². The van der Waals surface area contributed by atoms with Crippen LogP contribution in [0.25, 0.3) is 0 Å². The fourth-order valence-electron chi connectivity index (χ4n) is 2.01. The predicted octanol–water partition coefficient (Wildman–Crippen LogP) is 3.85. The third kappa shape index (κ3) is 3.32. The summed E-state index contributed by atoms with van der Waals surface area (Å²) in [6, 6.07) is 11.5. The molecular weight excluding hydrogens is 260 g/mol. The topological polar surface area (TPSA) is 47.3 Å². The Labute approximate surface area is 118 Å². The van der Waals surface area contributed by atoms with E-state index in [0.717, 1.165) is 28.3 Å². The van der Waals surface area contributed by atoms with E-state index >= 15 is 0 Å². The molecule has 0 aromatic heterocycles. The molecule has 0 saturated heterocycles. The highest BCUT2D eigenvalue weighted by Gasteiger charge is 2.07. The second-order valence-electron chi connectivity index (χ2n) is 4.41. The molecule has 0 bridgehead atoms. The first-order valence-electron chi connectivity index (χ1n) is 6.02. The summed E-state index contributed by atoms with van der Waals surface area (Å²) < 4.78 is 5.31. The molecular formula is C15H17ClN2O. The van der Waals surface area contributed by atoms with Crippen LogP contribution in [0.3, 0.4) is 0 Å². The summed E-state index contributed by atoms with van der Waals surface area (Å²) in [5.74, 6) is 0.778. The summed E-state index contributed by atoms with van der Waals surface area (Å²) in [6.07, 6.45) is 0. The van der Waals surface area contributed by atoms with Crippen molar-refractivity contribution in [2.45, 2.75) is 13.5 Å². The van der Waals surface area contributed by atoms with Crippen molar-refractivity contribution in [3.05, 3.63) is 52.5 Å². The van der Waals surface area contributed by atoms with Crippen molar-refractivity contribution in [1.29, 1.82) is 0 Å². The number of rotatable bonds is 4. The molecule has 0 aliphatic rings. The fourth-order valence-corrected chi connectivity index (χ4v) is 2.24. The van der Waals surface area contributed by atoms with Gasteiger partial charge in [0, 0.05) is 28.5 Å². The third-order valence-corrected chi connectivity index (χ3v) is 3.22. The molecule has 0 unspecified atom stereocenters. The highest BCUT2D eigenvalue weighted by Crippen LogP contribution is 2.27. The van der Waals surface area contributed by atoms with Gasteiger partial charge in [-0.1, -0.05) is 17.7 Å². The summed E-state index contributed by atoms with van der Waals surface area (Å²) in [5.41, 5.74) is 9.60. The number of nitrogens with one attached hydrogen (secondary N) is 1. The van der Waals surface area contributed by atoms with Crippen molar-refractivity contribution in [1.82, 2.24) is 0 Å². The van der Waals surface area contributed by atoms with Gasteiger partial charge in [0.15, 0.2) is 0 Å². The zero-order valence-corrected chi connectivity index (χ0v) is 11.8. The number of hydrogen-bond acceptors (Lipinski definition) is 3. The Morgan fingerprint density at radius 1 is 1.26 bits per heavy atom. The number of nitrogen functional groups attached to an aromatic ring is 1. The predicted molar refractivity (Wildman–Crippen MR) is 80.9 cm³/mol. The van der Waals surface area contributed by atoms with Gasteiger partial charge in [-0.25, -0.2) is 0 Å². The van der Waals surface area contributed by atoms with E-state index in [1.54, 1.807) is 7.11 Å². The van der Waals surface area contributed by atoms with Crippen LogP contribution in [0.15, 0.2) is 36.4 Å². The van der Waals surface area contributed by atoms with E-state index in [0.29, 0.717) is 11.6 Å². The largest absolute Gasteiger partial charge is 0.496 e. The molecule has 0 fully saturated rings. The van der Waals surface area contributed by atoms with Crippen molar-refractivity contribution in [3.8, 4) is 5.75 Å². The van der Waals surface area contributed by atoms with E-state index in [-0.39, 0.29) is 0 Å². The maximum atomic E-state index is 6.19. The Bertz CT molecular complexity index is 564. The van der Waals surface area contributed by atoms with Crippen LogP contribution in [0, 0.1) is 6.92 Å². The molecule has 0 aliphatic heterocycles. The normalized spacial score (nSPS) is 10.3. The van der Waals surface area contributed by atoms with Crippen LogP contribution < -0.4 is 15.8 Å². The molecule has 0 atom stereocenters. The van der Waals surface area contributed by atoms with Crippen LogP contribution in [-0.4, -0.2) is 7.11 Å². The smallest absolute Gasteiger partial charge is 0.125 e. The number of halogens is 1. The summed E-state index contributed by atoms with van der Waals surface area (Å²) in [4.78, 5) is 0. The number of anilines is 2. The van der Waals surface area contributed by atoms with Crippen molar-refractivity contribution in [3.63, 3.8) is 0 Å². The quantitative estimate of drug-likeness (QED) is 0.834. The molecule has 2 aromatic carbocycles. The van der Waals surface area contributed by atoms with Gasteiger partial charge < -0.3 is 15.8 Å². The van der Waals surface area contributed by atoms with Gasteiger partial charge in [0.1, 0.15) is 5.75 Å². The van der Waals surface area contributed by atoms with Gasteiger partial charge in [-0.3, -0.25) is 0 Å². The Kier molecular flexibility index (Phi) is 4.17. The summed E-state index contributed by atoms with van der Waals surface area (Å²) in [7, 11) is 1.64. The van der Waals surface area contributed by atoms with Crippen molar-refractivity contribution in [2.75, 3.05) is 18.2 Å². The number of ether oxygens (including phenoxy) is 1. The summed E-state index contributed by atoms with van der Waals surface area (Å²) in [6.45, 7) is 2.60. The van der Waals surface area contributed by atoms with Crippen molar-refractivity contribution >= 4 is 23.0 Å². The lowest BCUT2D eigenvalue weighted by Crippen LogP contribution is -2.03. The minimum atomic E-state index is 0.589. The molecule has 0 aliphatic carbocycles. The maximum absolute atomic E-state index is 6.19. The number of methoxy groups -OCH3 is 1. The van der Waals surface area contributed by atoms with Gasteiger partial charge in [0.05, 0.1) is 7.11 Å². The maximum Gasteiger partial charge on any atom is 0.125 e. The van der Waals surface area contributed by atoms with E-state index < -0.39 is 0 Å². The number of hydrogen-bond donors (Lipinski definition) is 2. The Morgan fingerprint density at radius 3 is 2.74 bits per heavy atom. The molecule has 100 valence electrons. The van der Waals surface area contributed by atoms with E-state index in [1.165, 1.54) is 0 Å². The molecule has 2 rings (SSSR count). The van der Waals surface area contributed by atoms with Gasteiger partial charge in [-0.05, 0) is 42.8 Å². The van der Waals surface area contributed by atoms with E-state index in [2.05, 4.69) is 5.32 Å². The van der Waals surface area contributed by atoms with Crippen molar-refractivity contribution < 1.29 is 4.74 Å². The molecule has 0 saturated carbocycles. The fraction of sp³-hybridized carbons (Fsp3) is 0.200. The molecule has 19 heavy (non-hydrogen) atoms.